The minimum atomic E-state index is -0.532. The molecule has 11 heteroatoms. The van der Waals surface area contributed by atoms with Gasteiger partial charge in [-0.2, -0.15) is 0 Å². The number of likely N-dealkylation sites (tertiary alicyclic amines) is 1. The maximum absolute atomic E-state index is 13.7. The molecule has 3 heterocycles. The van der Waals surface area contributed by atoms with Crippen LogP contribution in [0, 0.1) is 0 Å². The fraction of sp³-hybridized carbons (Fsp3) is 0.440. The summed E-state index contributed by atoms with van der Waals surface area (Å²) in [5.74, 6) is -0.981. The summed E-state index contributed by atoms with van der Waals surface area (Å²) in [6.45, 7) is 0.459. The van der Waals surface area contributed by atoms with Crippen molar-refractivity contribution in [1.29, 1.82) is 0 Å². The third kappa shape index (κ3) is 4.41. The lowest BCUT2D eigenvalue weighted by atomic mass is 10.0. The van der Waals surface area contributed by atoms with Crippen LogP contribution in [-0.2, 0) is 27.9 Å². The second-order valence-electron chi connectivity index (χ2n) is 8.75. The molecule has 2 amide bonds. The maximum atomic E-state index is 13.7. The Hall–Kier alpha value is -3.86. The van der Waals surface area contributed by atoms with Crippen LogP contribution < -0.4 is 15.6 Å². The van der Waals surface area contributed by atoms with Crippen molar-refractivity contribution in [2.45, 2.75) is 31.8 Å². The molecular weight excluding hydrogens is 468 g/mol. The number of pyridine rings is 1. The first-order valence-corrected chi connectivity index (χ1v) is 11.8. The van der Waals surface area contributed by atoms with Gasteiger partial charge in [-0.1, -0.05) is 18.2 Å². The summed E-state index contributed by atoms with van der Waals surface area (Å²) >= 11 is 0. The van der Waals surface area contributed by atoms with Crippen LogP contribution in [0.3, 0.4) is 0 Å². The highest BCUT2D eigenvalue weighted by atomic mass is 16.5. The summed E-state index contributed by atoms with van der Waals surface area (Å²) in [6, 6.07) is 7.15. The highest BCUT2D eigenvalue weighted by molar-refractivity contribution is 6.12. The van der Waals surface area contributed by atoms with Gasteiger partial charge in [0.2, 0.25) is 5.91 Å². The molecule has 2 N–H and O–H groups in total. The summed E-state index contributed by atoms with van der Waals surface area (Å²) in [4.78, 5) is 52.2. The molecule has 3 aromatic rings. The van der Waals surface area contributed by atoms with E-state index < -0.39 is 12.6 Å². The van der Waals surface area contributed by atoms with Crippen molar-refractivity contribution in [2.24, 2.45) is 7.05 Å². The number of carbonyl (C=O) groups is 3. The standard InChI is InChI=1S/C25H30N4O7/c1-27-21-16-6-4-5-7-17(16)29(13-10-19(32)35-2)25(34)20(21)23(36-3)22(27)24(33)26-15-8-11-28(12-9-15)18(31)14-30/h4-7,15,30H,8-14H2,1-3H3,(H,26,33). The molecule has 1 saturated heterocycles. The van der Waals surface area contributed by atoms with Crippen molar-refractivity contribution in [3.8, 4) is 5.75 Å². The predicted octanol–water partition coefficient (Wildman–Crippen LogP) is 0.778. The van der Waals surface area contributed by atoms with Gasteiger partial charge in [0.05, 0.1) is 31.7 Å². The van der Waals surface area contributed by atoms with E-state index in [1.807, 2.05) is 18.2 Å². The number of piperidine rings is 1. The average Bonchev–Trinajstić information content (AvgIpc) is 3.20. The van der Waals surface area contributed by atoms with Crippen LogP contribution in [0.1, 0.15) is 29.8 Å². The SMILES string of the molecule is COC(=O)CCn1c(=O)c2c(OC)c(C(=O)NC3CCN(C(=O)CO)CC3)n(C)c2c2ccccc21. The molecule has 2 aromatic heterocycles. The Balaban J connectivity index is 1.75. The summed E-state index contributed by atoms with van der Waals surface area (Å²) in [6.07, 6.45) is 1.12. The van der Waals surface area contributed by atoms with Crippen molar-refractivity contribution >= 4 is 39.6 Å². The van der Waals surface area contributed by atoms with E-state index in [9.17, 15) is 19.2 Å². The van der Waals surface area contributed by atoms with E-state index >= 15 is 0 Å². The van der Waals surface area contributed by atoms with Crippen LogP contribution in [-0.4, -0.2) is 76.9 Å². The highest BCUT2D eigenvalue weighted by Crippen LogP contribution is 2.34. The van der Waals surface area contributed by atoms with Crippen molar-refractivity contribution in [1.82, 2.24) is 19.4 Å². The smallest absolute Gasteiger partial charge is 0.307 e. The molecule has 0 radical (unpaired) electrons. The third-order valence-corrected chi connectivity index (χ3v) is 6.76. The molecule has 1 aromatic carbocycles. The summed E-state index contributed by atoms with van der Waals surface area (Å²) < 4.78 is 13.5. The van der Waals surface area contributed by atoms with E-state index in [2.05, 4.69) is 5.32 Å². The number of rotatable bonds is 7. The van der Waals surface area contributed by atoms with Crippen molar-refractivity contribution in [3.05, 3.63) is 40.3 Å². The summed E-state index contributed by atoms with van der Waals surface area (Å²) in [7, 11) is 4.43. The van der Waals surface area contributed by atoms with Crippen LogP contribution in [0.2, 0.25) is 0 Å². The van der Waals surface area contributed by atoms with Gasteiger partial charge in [0, 0.05) is 38.1 Å². The van der Waals surface area contributed by atoms with Gasteiger partial charge in [-0.25, -0.2) is 0 Å². The van der Waals surface area contributed by atoms with Gasteiger partial charge < -0.3 is 33.9 Å². The molecule has 0 bridgehead atoms. The number of aliphatic hydroxyl groups is 1. The summed E-state index contributed by atoms with van der Waals surface area (Å²) in [5.41, 5.74) is 1.05. The lowest BCUT2D eigenvalue weighted by molar-refractivity contribution is -0.140. The van der Waals surface area contributed by atoms with Crippen LogP contribution in [0.4, 0.5) is 0 Å². The molecule has 1 aliphatic heterocycles. The number of nitrogens with one attached hydrogen (secondary N) is 1. The number of aliphatic hydroxyl groups excluding tert-OH is 1. The molecule has 0 aliphatic carbocycles. The number of methoxy groups -OCH3 is 2. The van der Waals surface area contributed by atoms with Crippen LogP contribution >= 0.6 is 0 Å². The van der Waals surface area contributed by atoms with E-state index in [4.69, 9.17) is 14.6 Å². The van der Waals surface area contributed by atoms with Crippen molar-refractivity contribution in [2.75, 3.05) is 33.9 Å². The molecule has 1 aliphatic rings. The molecule has 0 atom stereocenters. The molecule has 0 spiro atoms. The lowest BCUT2D eigenvalue weighted by Crippen LogP contribution is -2.47. The first-order valence-electron chi connectivity index (χ1n) is 11.8. The number of ether oxygens (including phenoxy) is 2. The Labute approximate surface area is 207 Å². The molecule has 192 valence electrons. The lowest BCUT2D eigenvalue weighted by Gasteiger charge is -2.32. The number of fused-ring (bicyclic) bond motifs is 3. The average molecular weight is 499 g/mol. The third-order valence-electron chi connectivity index (χ3n) is 6.76. The Morgan fingerprint density at radius 3 is 2.47 bits per heavy atom. The second-order valence-corrected chi connectivity index (χ2v) is 8.75. The Morgan fingerprint density at radius 2 is 1.83 bits per heavy atom. The number of nitrogens with zero attached hydrogens (tertiary/aromatic N) is 3. The minimum absolute atomic E-state index is 0.0197. The quantitative estimate of drug-likeness (QED) is 0.460. The molecule has 4 rings (SSSR count). The summed E-state index contributed by atoms with van der Waals surface area (Å²) in [5, 5.41) is 13.1. The van der Waals surface area contributed by atoms with Crippen LogP contribution in [0.5, 0.6) is 5.75 Å². The van der Waals surface area contributed by atoms with Gasteiger partial charge in [0.1, 0.15) is 12.0 Å². The number of hydrogen-bond acceptors (Lipinski definition) is 7. The fourth-order valence-electron chi connectivity index (χ4n) is 4.93. The minimum Gasteiger partial charge on any atom is -0.493 e. The monoisotopic (exact) mass is 498 g/mol. The zero-order valence-electron chi connectivity index (χ0n) is 20.6. The number of para-hydroxylation sites is 1. The maximum Gasteiger partial charge on any atom is 0.307 e. The number of benzene rings is 1. The van der Waals surface area contributed by atoms with Gasteiger partial charge in [-0.3, -0.25) is 19.2 Å². The fourth-order valence-corrected chi connectivity index (χ4v) is 4.93. The Kier molecular flexibility index (Phi) is 7.30. The van der Waals surface area contributed by atoms with E-state index in [-0.39, 0.29) is 53.2 Å². The molecule has 11 nitrogen and oxygen atoms in total. The van der Waals surface area contributed by atoms with Crippen molar-refractivity contribution in [3.63, 3.8) is 0 Å². The van der Waals surface area contributed by atoms with E-state index in [1.165, 1.54) is 18.8 Å². The van der Waals surface area contributed by atoms with Crippen LogP contribution in [0.25, 0.3) is 21.8 Å². The normalized spacial score (nSPS) is 14.3. The van der Waals surface area contributed by atoms with Gasteiger partial charge in [-0.05, 0) is 18.9 Å². The molecular formula is C25H30N4O7. The van der Waals surface area contributed by atoms with Crippen molar-refractivity contribution < 1.29 is 29.0 Å². The number of carbonyl (C=O) groups excluding carboxylic acids is 3. The predicted molar refractivity (Wildman–Crippen MR) is 132 cm³/mol. The number of aryl methyl sites for hydroxylation is 2. The number of hydrogen-bond donors (Lipinski definition) is 2. The van der Waals surface area contributed by atoms with Gasteiger partial charge in [-0.15, -0.1) is 0 Å². The number of aromatic nitrogens is 2. The second kappa shape index (κ2) is 10.4. The van der Waals surface area contributed by atoms with Gasteiger partial charge in [0.15, 0.2) is 11.4 Å². The number of amides is 2. The molecule has 0 unspecified atom stereocenters. The van der Waals surface area contributed by atoms with E-state index in [1.54, 1.807) is 22.6 Å². The Bertz CT molecular complexity index is 1380. The van der Waals surface area contributed by atoms with E-state index in [0.29, 0.717) is 37.0 Å². The zero-order valence-corrected chi connectivity index (χ0v) is 20.6. The van der Waals surface area contributed by atoms with Gasteiger partial charge in [0.25, 0.3) is 11.5 Å². The zero-order chi connectivity index (χ0) is 26.0. The Morgan fingerprint density at radius 1 is 1.14 bits per heavy atom. The molecule has 0 saturated carbocycles. The van der Waals surface area contributed by atoms with E-state index in [0.717, 1.165) is 5.39 Å². The number of esters is 1. The molecule has 36 heavy (non-hydrogen) atoms. The van der Waals surface area contributed by atoms with Gasteiger partial charge >= 0.3 is 5.97 Å². The first-order chi connectivity index (χ1) is 17.3. The topological polar surface area (TPSA) is 132 Å². The molecule has 1 fully saturated rings. The highest BCUT2D eigenvalue weighted by Gasteiger charge is 2.30. The van der Waals surface area contributed by atoms with Crippen LogP contribution in [0.15, 0.2) is 29.1 Å². The largest absolute Gasteiger partial charge is 0.493 e. The first kappa shape index (κ1) is 25.2.